The molecule has 0 saturated carbocycles. The summed E-state index contributed by atoms with van der Waals surface area (Å²) >= 11 is 5.93. The number of unbranched alkanes of at least 4 members (excludes halogenated alkanes) is 1. The van der Waals surface area contributed by atoms with Gasteiger partial charge in [-0.2, -0.15) is 0 Å². The maximum atomic E-state index is 12.0. The van der Waals surface area contributed by atoms with E-state index in [1.807, 2.05) is 6.92 Å². The van der Waals surface area contributed by atoms with Gasteiger partial charge in [-0.05, 0) is 18.6 Å². The van der Waals surface area contributed by atoms with Crippen LogP contribution in [0.1, 0.15) is 40.5 Å². The molecule has 2 amide bonds. The summed E-state index contributed by atoms with van der Waals surface area (Å²) in [5.41, 5.74) is 0.777. The Bertz CT molecular complexity index is 456. The van der Waals surface area contributed by atoms with Crippen LogP contribution in [0.4, 0.5) is 0 Å². The Kier molecular flexibility index (Phi) is 2.97. The molecular formula is C12H12ClNO2. The van der Waals surface area contributed by atoms with Crippen LogP contribution in [0.2, 0.25) is 5.02 Å². The van der Waals surface area contributed by atoms with E-state index in [1.54, 1.807) is 18.2 Å². The highest BCUT2D eigenvalue weighted by Gasteiger charge is 2.36. The standard InChI is InChI=1S/C12H12ClNO2/c1-2-3-7-14-11(15)8-5-4-6-9(13)10(8)12(14)16/h4-6H,2-3,7H2,1H3. The van der Waals surface area contributed by atoms with Gasteiger partial charge in [-0.15, -0.1) is 0 Å². The second-order valence-electron chi connectivity index (χ2n) is 3.78. The van der Waals surface area contributed by atoms with E-state index in [-0.39, 0.29) is 11.8 Å². The van der Waals surface area contributed by atoms with Gasteiger partial charge in [0.05, 0.1) is 16.1 Å². The number of halogens is 1. The molecule has 1 aliphatic rings. The molecule has 0 N–H and O–H groups in total. The molecule has 0 unspecified atom stereocenters. The van der Waals surface area contributed by atoms with Crippen LogP contribution in [0.15, 0.2) is 18.2 Å². The van der Waals surface area contributed by atoms with Crippen LogP contribution in [0, 0.1) is 0 Å². The van der Waals surface area contributed by atoms with E-state index >= 15 is 0 Å². The van der Waals surface area contributed by atoms with Crippen molar-refractivity contribution in [3.8, 4) is 0 Å². The highest BCUT2D eigenvalue weighted by Crippen LogP contribution is 2.29. The lowest BCUT2D eigenvalue weighted by molar-refractivity contribution is 0.0652. The molecule has 0 aromatic heterocycles. The number of nitrogens with zero attached hydrogens (tertiary/aromatic N) is 1. The van der Waals surface area contributed by atoms with Crippen LogP contribution in [0.5, 0.6) is 0 Å². The van der Waals surface area contributed by atoms with Crippen molar-refractivity contribution in [3.63, 3.8) is 0 Å². The van der Waals surface area contributed by atoms with E-state index in [0.717, 1.165) is 12.8 Å². The van der Waals surface area contributed by atoms with Gasteiger partial charge in [-0.1, -0.05) is 31.0 Å². The van der Waals surface area contributed by atoms with Crippen LogP contribution in [0.3, 0.4) is 0 Å². The van der Waals surface area contributed by atoms with Gasteiger partial charge in [0.1, 0.15) is 0 Å². The maximum absolute atomic E-state index is 12.0. The second kappa shape index (κ2) is 4.26. The molecule has 1 heterocycles. The molecule has 1 aromatic rings. The summed E-state index contributed by atoms with van der Waals surface area (Å²) in [6.45, 7) is 2.49. The van der Waals surface area contributed by atoms with Crippen molar-refractivity contribution in [3.05, 3.63) is 34.3 Å². The van der Waals surface area contributed by atoms with Gasteiger partial charge in [-0.3, -0.25) is 14.5 Å². The minimum Gasteiger partial charge on any atom is -0.274 e. The number of imide groups is 1. The van der Waals surface area contributed by atoms with Gasteiger partial charge < -0.3 is 0 Å². The van der Waals surface area contributed by atoms with Gasteiger partial charge in [0.15, 0.2) is 0 Å². The van der Waals surface area contributed by atoms with Crippen LogP contribution in [0.25, 0.3) is 0 Å². The number of rotatable bonds is 3. The minimum absolute atomic E-state index is 0.226. The zero-order valence-electron chi connectivity index (χ0n) is 9.00. The van der Waals surface area contributed by atoms with Gasteiger partial charge >= 0.3 is 0 Å². The molecule has 1 aliphatic heterocycles. The summed E-state index contributed by atoms with van der Waals surface area (Å²) in [5.74, 6) is -0.491. The van der Waals surface area contributed by atoms with Crippen LogP contribution >= 0.6 is 11.6 Å². The molecule has 0 atom stereocenters. The molecule has 0 spiro atoms. The van der Waals surface area contributed by atoms with Crippen molar-refractivity contribution in [1.82, 2.24) is 4.90 Å². The van der Waals surface area contributed by atoms with E-state index < -0.39 is 0 Å². The SMILES string of the molecule is CCCCN1C(=O)c2cccc(Cl)c2C1=O. The average molecular weight is 238 g/mol. The molecule has 84 valence electrons. The quantitative estimate of drug-likeness (QED) is 0.758. The lowest BCUT2D eigenvalue weighted by Crippen LogP contribution is -2.30. The third-order valence-electron chi connectivity index (χ3n) is 2.68. The van der Waals surface area contributed by atoms with Crippen molar-refractivity contribution >= 4 is 23.4 Å². The molecule has 16 heavy (non-hydrogen) atoms. The second-order valence-corrected chi connectivity index (χ2v) is 4.19. The van der Waals surface area contributed by atoms with E-state index in [1.165, 1.54) is 4.90 Å². The molecule has 4 heteroatoms. The molecule has 3 nitrogen and oxygen atoms in total. The summed E-state index contributed by atoms with van der Waals surface area (Å²) < 4.78 is 0. The van der Waals surface area contributed by atoms with Crippen molar-refractivity contribution in [1.29, 1.82) is 0 Å². The molecule has 0 aliphatic carbocycles. The van der Waals surface area contributed by atoms with Gasteiger partial charge in [0.25, 0.3) is 11.8 Å². The monoisotopic (exact) mass is 237 g/mol. The molecule has 1 aromatic carbocycles. The molecule has 0 saturated heterocycles. The predicted octanol–water partition coefficient (Wildman–Crippen LogP) is 2.74. The Morgan fingerprint density at radius 3 is 2.62 bits per heavy atom. The summed E-state index contributed by atoms with van der Waals surface area (Å²) in [5, 5.41) is 0.356. The predicted molar refractivity (Wildman–Crippen MR) is 61.7 cm³/mol. The topological polar surface area (TPSA) is 37.4 Å². The fourth-order valence-corrected chi connectivity index (χ4v) is 2.07. The van der Waals surface area contributed by atoms with Crippen LogP contribution < -0.4 is 0 Å². The maximum Gasteiger partial charge on any atom is 0.263 e. The Hall–Kier alpha value is -1.35. The van der Waals surface area contributed by atoms with Crippen molar-refractivity contribution < 1.29 is 9.59 Å². The van der Waals surface area contributed by atoms with E-state index in [2.05, 4.69) is 0 Å². The normalized spacial score (nSPS) is 14.5. The summed E-state index contributed by atoms with van der Waals surface area (Å²) in [7, 11) is 0. The first-order chi connectivity index (χ1) is 7.66. The summed E-state index contributed by atoms with van der Waals surface area (Å²) in [6, 6.07) is 4.97. The number of hydrogen-bond acceptors (Lipinski definition) is 2. The summed E-state index contributed by atoms with van der Waals surface area (Å²) in [6.07, 6.45) is 1.77. The zero-order valence-corrected chi connectivity index (χ0v) is 9.75. The molecule has 0 radical (unpaired) electrons. The highest BCUT2D eigenvalue weighted by molar-refractivity contribution is 6.37. The molecule has 0 bridgehead atoms. The molecule has 2 rings (SSSR count). The Labute approximate surface area is 99.0 Å². The molecular weight excluding hydrogens is 226 g/mol. The van der Waals surface area contributed by atoms with Crippen molar-refractivity contribution in [2.24, 2.45) is 0 Å². The lowest BCUT2D eigenvalue weighted by Gasteiger charge is -2.12. The van der Waals surface area contributed by atoms with Crippen molar-refractivity contribution in [2.75, 3.05) is 6.54 Å². The number of benzene rings is 1. The zero-order chi connectivity index (χ0) is 11.7. The Morgan fingerprint density at radius 1 is 1.25 bits per heavy atom. The van der Waals surface area contributed by atoms with Gasteiger partial charge in [0, 0.05) is 6.54 Å². The first-order valence-electron chi connectivity index (χ1n) is 5.31. The van der Waals surface area contributed by atoms with Gasteiger partial charge in [-0.25, -0.2) is 0 Å². The van der Waals surface area contributed by atoms with E-state index in [0.29, 0.717) is 22.7 Å². The first-order valence-corrected chi connectivity index (χ1v) is 5.69. The highest BCUT2D eigenvalue weighted by atomic mass is 35.5. The minimum atomic E-state index is -0.265. The Morgan fingerprint density at radius 2 is 2.00 bits per heavy atom. The van der Waals surface area contributed by atoms with Crippen molar-refractivity contribution in [2.45, 2.75) is 19.8 Å². The average Bonchev–Trinajstić information content (AvgIpc) is 2.51. The fourth-order valence-electron chi connectivity index (χ4n) is 1.81. The lowest BCUT2D eigenvalue weighted by atomic mass is 10.1. The summed E-state index contributed by atoms with van der Waals surface area (Å²) in [4.78, 5) is 25.1. The number of carbonyl (C=O) groups is 2. The third kappa shape index (κ3) is 1.61. The fraction of sp³-hybridized carbons (Fsp3) is 0.333. The van der Waals surface area contributed by atoms with Gasteiger partial charge in [0.2, 0.25) is 0 Å². The largest absolute Gasteiger partial charge is 0.274 e. The third-order valence-corrected chi connectivity index (χ3v) is 3.00. The number of carbonyl (C=O) groups excluding carboxylic acids is 2. The smallest absolute Gasteiger partial charge is 0.263 e. The first kappa shape index (κ1) is 11.1. The van der Waals surface area contributed by atoms with Crippen LogP contribution in [-0.2, 0) is 0 Å². The Balaban J connectivity index is 2.37. The number of fused-ring (bicyclic) bond motifs is 1. The molecule has 0 fully saturated rings. The van der Waals surface area contributed by atoms with E-state index in [9.17, 15) is 9.59 Å². The van der Waals surface area contributed by atoms with Crippen LogP contribution in [-0.4, -0.2) is 23.3 Å². The number of hydrogen-bond donors (Lipinski definition) is 0. The van der Waals surface area contributed by atoms with E-state index in [4.69, 9.17) is 11.6 Å². The number of amides is 2.